The van der Waals surface area contributed by atoms with E-state index in [9.17, 15) is 9.59 Å². The number of thiol groups is 1. The number of amides is 1. The summed E-state index contributed by atoms with van der Waals surface area (Å²) in [5, 5.41) is 6.06. The summed E-state index contributed by atoms with van der Waals surface area (Å²) < 4.78 is 10.7. The fraction of sp³-hybridized carbons (Fsp3) is 0.269. The minimum absolute atomic E-state index is 0.151. The number of hydrogen-bond acceptors (Lipinski definition) is 8. The molecule has 0 fully saturated rings. The van der Waals surface area contributed by atoms with Crippen LogP contribution in [0.4, 0.5) is 5.69 Å². The van der Waals surface area contributed by atoms with Gasteiger partial charge in [0.2, 0.25) is 5.88 Å². The van der Waals surface area contributed by atoms with E-state index in [0.717, 1.165) is 16.8 Å². The summed E-state index contributed by atoms with van der Waals surface area (Å²) in [6.07, 6.45) is -0.823. The second-order valence-corrected chi connectivity index (χ2v) is 8.27. The van der Waals surface area contributed by atoms with Crippen LogP contribution >= 0.6 is 12.6 Å². The number of anilines is 1. The molecule has 1 aromatic heterocycles. The molecule has 4 N–H and O–H groups in total. The highest BCUT2D eigenvalue weighted by molar-refractivity contribution is 7.80. The van der Waals surface area contributed by atoms with Crippen LogP contribution in [0, 0.1) is 0 Å². The van der Waals surface area contributed by atoms with E-state index >= 15 is 0 Å². The van der Waals surface area contributed by atoms with Crippen LogP contribution in [0.25, 0.3) is 11.3 Å². The Balaban J connectivity index is 1.72. The number of aromatic nitrogens is 1. The number of nitrogens with two attached hydrogens (primary N) is 1. The van der Waals surface area contributed by atoms with Gasteiger partial charge in [-0.2, -0.15) is 12.6 Å². The predicted octanol–water partition coefficient (Wildman–Crippen LogP) is 3.29. The highest BCUT2D eigenvalue weighted by Crippen LogP contribution is 2.28. The van der Waals surface area contributed by atoms with Crippen molar-refractivity contribution in [3.8, 4) is 17.1 Å². The van der Waals surface area contributed by atoms with Crippen molar-refractivity contribution in [1.82, 2.24) is 10.3 Å². The van der Waals surface area contributed by atoms with Crippen LogP contribution in [0.15, 0.2) is 66.7 Å². The van der Waals surface area contributed by atoms with Gasteiger partial charge in [0.25, 0.3) is 5.91 Å². The number of ether oxygens (including phenoxy) is 2. The van der Waals surface area contributed by atoms with Crippen molar-refractivity contribution in [1.29, 1.82) is 0 Å². The smallest absolute Gasteiger partial charge is 0.337 e. The van der Waals surface area contributed by atoms with Crippen molar-refractivity contribution >= 4 is 30.2 Å². The zero-order valence-corrected chi connectivity index (χ0v) is 20.6. The number of benzene rings is 2. The third-order valence-electron chi connectivity index (χ3n) is 5.19. The number of methoxy groups -OCH3 is 1. The SMILES string of the molecule is COC(=O)c1cccc(CNC(=O)[C@@H](C)Oc2nc(-c3ccccc3)ccc2NCC(N)CS)c1. The summed E-state index contributed by atoms with van der Waals surface area (Å²) in [4.78, 5) is 29.2. The van der Waals surface area contributed by atoms with Crippen LogP contribution in [0.3, 0.4) is 0 Å². The topological polar surface area (TPSA) is 116 Å². The van der Waals surface area contributed by atoms with Gasteiger partial charge in [-0.25, -0.2) is 9.78 Å². The monoisotopic (exact) mass is 494 g/mol. The van der Waals surface area contributed by atoms with Crippen LogP contribution < -0.4 is 21.1 Å². The van der Waals surface area contributed by atoms with Crippen LogP contribution in [0.1, 0.15) is 22.8 Å². The molecule has 0 aliphatic heterocycles. The van der Waals surface area contributed by atoms with Gasteiger partial charge in [0.15, 0.2) is 6.10 Å². The molecule has 0 spiro atoms. The van der Waals surface area contributed by atoms with Gasteiger partial charge >= 0.3 is 5.97 Å². The van der Waals surface area contributed by atoms with Gasteiger partial charge in [-0.05, 0) is 36.8 Å². The van der Waals surface area contributed by atoms with E-state index < -0.39 is 12.1 Å². The molecule has 3 aromatic rings. The number of nitrogens with one attached hydrogen (secondary N) is 2. The molecule has 0 aliphatic carbocycles. The minimum Gasteiger partial charge on any atom is -0.465 e. The second kappa shape index (κ2) is 12.8. The molecular weight excluding hydrogens is 464 g/mol. The number of carbonyl (C=O) groups is 2. The standard InChI is InChI=1S/C26H30N4O4S/c1-17(24(31)29-14-18-7-6-10-20(13-18)26(32)33-2)34-25-23(28-15-21(27)16-35)12-11-22(30-25)19-8-4-3-5-9-19/h3-13,17,21,28,35H,14-16,27H2,1-2H3,(H,29,31)/t17-,21?/m1/s1. The zero-order valence-electron chi connectivity index (χ0n) is 19.7. The maximum absolute atomic E-state index is 12.8. The summed E-state index contributed by atoms with van der Waals surface area (Å²) in [7, 11) is 1.33. The molecule has 8 nitrogen and oxygen atoms in total. The van der Waals surface area contributed by atoms with Crippen molar-refractivity contribution in [2.45, 2.75) is 25.6 Å². The van der Waals surface area contributed by atoms with Gasteiger partial charge in [0.05, 0.1) is 24.1 Å². The highest BCUT2D eigenvalue weighted by Gasteiger charge is 2.19. The third-order valence-corrected chi connectivity index (χ3v) is 5.66. The Morgan fingerprint density at radius 2 is 1.86 bits per heavy atom. The Morgan fingerprint density at radius 3 is 2.57 bits per heavy atom. The number of esters is 1. The molecular formula is C26H30N4O4S. The van der Waals surface area contributed by atoms with Crippen molar-refractivity contribution in [3.63, 3.8) is 0 Å². The lowest BCUT2D eigenvalue weighted by Gasteiger charge is -2.19. The van der Waals surface area contributed by atoms with E-state index in [0.29, 0.717) is 29.4 Å². The third kappa shape index (κ3) is 7.46. The molecule has 0 radical (unpaired) electrons. The first-order chi connectivity index (χ1) is 16.9. The fourth-order valence-electron chi connectivity index (χ4n) is 3.22. The maximum Gasteiger partial charge on any atom is 0.337 e. The number of nitrogens with zero attached hydrogens (tertiary/aromatic N) is 1. The molecule has 1 heterocycles. The maximum atomic E-state index is 12.8. The van der Waals surface area contributed by atoms with Crippen molar-refractivity contribution < 1.29 is 19.1 Å². The summed E-state index contributed by atoms with van der Waals surface area (Å²) >= 11 is 4.22. The normalized spacial score (nSPS) is 12.3. The lowest BCUT2D eigenvalue weighted by atomic mass is 10.1. The average Bonchev–Trinajstić information content (AvgIpc) is 2.90. The van der Waals surface area contributed by atoms with Crippen LogP contribution in [-0.2, 0) is 16.1 Å². The summed E-state index contributed by atoms with van der Waals surface area (Å²) in [5.74, 6) is 0.0673. The molecule has 2 atom stereocenters. The van der Waals surface area contributed by atoms with Crippen molar-refractivity contribution in [2.24, 2.45) is 5.73 Å². The first kappa shape index (κ1) is 26.1. The minimum atomic E-state index is -0.823. The first-order valence-electron chi connectivity index (χ1n) is 11.2. The summed E-state index contributed by atoms with van der Waals surface area (Å²) in [6, 6.07) is 20.2. The Hall–Kier alpha value is -3.56. The summed E-state index contributed by atoms with van der Waals surface area (Å²) in [5.41, 5.74) is 9.44. The molecule has 0 aliphatic rings. The lowest BCUT2D eigenvalue weighted by Crippen LogP contribution is -2.36. The number of hydrogen-bond donors (Lipinski definition) is 4. The van der Waals surface area contributed by atoms with E-state index in [4.69, 9.17) is 15.2 Å². The Morgan fingerprint density at radius 1 is 1.09 bits per heavy atom. The molecule has 3 rings (SSSR count). The quantitative estimate of drug-likeness (QED) is 0.239. The van der Waals surface area contributed by atoms with Crippen molar-refractivity contribution in [2.75, 3.05) is 24.7 Å². The van der Waals surface area contributed by atoms with E-state index in [1.165, 1.54) is 7.11 Å². The van der Waals surface area contributed by atoms with E-state index in [1.54, 1.807) is 25.1 Å². The second-order valence-electron chi connectivity index (χ2n) is 7.91. The van der Waals surface area contributed by atoms with E-state index in [2.05, 4.69) is 28.2 Å². The molecule has 2 aromatic carbocycles. The Bertz CT molecular complexity index is 1140. The molecule has 1 amide bonds. The van der Waals surface area contributed by atoms with Crippen LogP contribution in [0.2, 0.25) is 0 Å². The summed E-state index contributed by atoms with van der Waals surface area (Å²) in [6.45, 7) is 2.36. The molecule has 184 valence electrons. The lowest BCUT2D eigenvalue weighted by molar-refractivity contribution is -0.127. The van der Waals surface area contributed by atoms with Gasteiger partial charge in [0, 0.05) is 30.4 Å². The van der Waals surface area contributed by atoms with Gasteiger partial charge in [-0.3, -0.25) is 4.79 Å². The fourth-order valence-corrected chi connectivity index (χ4v) is 3.35. The molecule has 0 saturated heterocycles. The average molecular weight is 495 g/mol. The largest absolute Gasteiger partial charge is 0.465 e. The molecule has 0 saturated carbocycles. The van der Waals surface area contributed by atoms with Crippen LogP contribution in [0.5, 0.6) is 5.88 Å². The van der Waals surface area contributed by atoms with E-state index in [-0.39, 0.29) is 18.5 Å². The molecule has 9 heteroatoms. The zero-order chi connectivity index (χ0) is 25.2. The Labute approximate surface area is 210 Å². The number of pyridine rings is 1. The van der Waals surface area contributed by atoms with Gasteiger partial charge in [0.1, 0.15) is 0 Å². The van der Waals surface area contributed by atoms with Crippen molar-refractivity contribution in [3.05, 3.63) is 77.9 Å². The van der Waals surface area contributed by atoms with Gasteiger partial charge in [-0.15, -0.1) is 0 Å². The van der Waals surface area contributed by atoms with Crippen LogP contribution in [-0.4, -0.2) is 48.4 Å². The first-order valence-corrected chi connectivity index (χ1v) is 11.8. The van der Waals surface area contributed by atoms with Gasteiger partial charge in [-0.1, -0.05) is 42.5 Å². The number of carbonyl (C=O) groups excluding carboxylic acids is 2. The molecule has 35 heavy (non-hydrogen) atoms. The Kier molecular flexibility index (Phi) is 9.51. The van der Waals surface area contributed by atoms with Gasteiger partial charge < -0.3 is 25.8 Å². The molecule has 1 unspecified atom stereocenters. The number of rotatable bonds is 11. The highest BCUT2D eigenvalue weighted by atomic mass is 32.1. The van der Waals surface area contributed by atoms with E-state index in [1.807, 2.05) is 48.5 Å². The predicted molar refractivity (Wildman–Crippen MR) is 140 cm³/mol. The molecule has 0 bridgehead atoms.